The molecule has 0 unspecified atom stereocenters. The molecule has 0 saturated heterocycles. The molecule has 1 amide bonds. The Kier molecular flexibility index (Phi) is 8.49. The number of carbonyl (C=O) groups is 1. The van der Waals surface area contributed by atoms with Crippen LogP contribution in [0.1, 0.15) is 60.7 Å². The third-order valence-corrected chi connectivity index (χ3v) is 5.80. The summed E-state index contributed by atoms with van der Waals surface area (Å²) in [6, 6.07) is 16.1. The van der Waals surface area contributed by atoms with E-state index in [1.54, 1.807) is 14.2 Å². The molecular formula is C26H33N3O4. The first-order valence-corrected chi connectivity index (χ1v) is 11.2. The molecule has 7 heteroatoms. The quantitative estimate of drug-likeness (QED) is 0.443. The van der Waals surface area contributed by atoms with Crippen molar-refractivity contribution in [2.24, 2.45) is 0 Å². The topological polar surface area (TPSA) is 76.8 Å². The number of hydrogen-bond donors (Lipinski definition) is 1. The number of methoxy groups -OCH3 is 2. The van der Waals surface area contributed by atoms with Crippen LogP contribution in [0, 0.1) is 0 Å². The fraction of sp³-hybridized carbons (Fsp3) is 0.385. The van der Waals surface area contributed by atoms with Crippen molar-refractivity contribution in [1.82, 2.24) is 15.2 Å². The zero-order chi connectivity index (χ0) is 23.8. The normalized spacial score (nSPS) is 12.9. The second kappa shape index (κ2) is 11.5. The largest absolute Gasteiger partial charge is 0.497 e. The van der Waals surface area contributed by atoms with E-state index in [2.05, 4.69) is 34.3 Å². The van der Waals surface area contributed by atoms with Crippen LogP contribution in [0.3, 0.4) is 0 Å². The van der Waals surface area contributed by atoms with Gasteiger partial charge in [0.2, 0.25) is 5.89 Å². The van der Waals surface area contributed by atoms with E-state index in [9.17, 15) is 4.79 Å². The van der Waals surface area contributed by atoms with Crippen molar-refractivity contribution < 1.29 is 18.7 Å². The maximum Gasteiger partial charge on any atom is 0.273 e. The number of rotatable bonds is 11. The van der Waals surface area contributed by atoms with Crippen LogP contribution in [0.5, 0.6) is 11.5 Å². The monoisotopic (exact) mass is 451 g/mol. The summed E-state index contributed by atoms with van der Waals surface area (Å²) in [4.78, 5) is 19.1. The smallest absolute Gasteiger partial charge is 0.273 e. The molecule has 0 aliphatic rings. The van der Waals surface area contributed by atoms with Gasteiger partial charge in [0.25, 0.3) is 5.91 Å². The maximum absolute atomic E-state index is 12.4. The number of oxazole rings is 1. The van der Waals surface area contributed by atoms with Crippen LogP contribution >= 0.6 is 0 Å². The van der Waals surface area contributed by atoms with E-state index >= 15 is 0 Å². The molecule has 0 saturated carbocycles. The van der Waals surface area contributed by atoms with Gasteiger partial charge in [0.05, 0.1) is 20.8 Å². The van der Waals surface area contributed by atoms with Gasteiger partial charge < -0.3 is 19.2 Å². The number of ether oxygens (including phenoxy) is 2. The second-order valence-corrected chi connectivity index (χ2v) is 8.08. The molecule has 176 valence electrons. The zero-order valence-corrected chi connectivity index (χ0v) is 20.0. The third-order valence-electron chi connectivity index (χ3n) is 5.80. The Labute approximate surface area is 195 Å². The summed E-state index contributed by atoms with van der Waals surface area (Å²) in [6.45, 7) is 7.13. The molecule has 0 bridgehead atoms. The van der Waals surface area contributed by atoms with Crippen molar-refractivity contribution in [3.05, 3.63) is 77.5 Å². The molecule has 0 aliphatic heterocycles. The van der Waals surface area contributed by atoms with E-state index in [4.69, 9.17) is 13.9 Å². The summed E-state index contributed by atoms with van der Waals surface area (Å²) in [6.07, 6.45) is 2.27. The van der Waals surface area contributed by atoms with Gasteiger partial charge in [-0.3, -0.25) is 9.69 Å². The lowest BCUT2D eigenvalue weighted by Crippen LogP contribution is -2.32. The molecule has 2 atom stereocenters. The van der Waals surface area contributed by atoms with Gasteiger partial charge >= 0.3 is 0 Å². The molecular weight excluding hydrogens is 418 g/mol. The molecule has 7 nitrogen and oxygen atoms in total. The lowest BCUT2D eigenvalue weighted by molar-refractivity contribution is 0.0934. The van der Waals surface area contributed by atoms with Crippen LogP contribution in [0.2, 0.25) is 0 Å². The first-order chi connectivity index (χ1) is 15.9. The Morgan fingerprint density at radius 3 is 2.52 bits per heavy atom. The van der Waals surface area contributed by atoms with E-state index in [1.807, 2.05) is 50.2 Å². The number of carbonyl (C=O) groups excluding carboxylic acids is 1. The first kappa shape index (κ1) is 24.3. The molecule has 0 spiro atoms. The third kappa shape index (κ3) is 6.35. The highest BCUT2D eigenvalue weighted by Gasteiger charge is 2.22. The average Bonchev–Trinajstić information content (AvgIpc) is 3.32. The minimum Gasteiger partial charge on any atom is -0.497 e. The number of aromatic nitrogens is 1. The Hall–Kier alpha value is -3.32. The van der Waals surface area contributed by atoms with Crippen LogP contribution in [0.4, 0.5) is 0 Å². The second-order valence-electron chi connectivity index (χ2n) is 8.08. The van der Waals surface area contributed by atoms with Gasteiger partial charge in [0.1, 0.15) is 17.8 Å². The van der Waals surface area contributed by atoms with Crippen molar-refractivity contribution in [3.8, 4) is 11.5 Å². The summed E-state index contributed by atoms with van der Waals surface area (Å²) in [5, 5.41) is 2.92. The molecule has 2 aromatic carbocycles. The highest BCUT2D eigenvalue weighted by molar-refractivity contribution is 5.92. The van der Waals surface area contributed by atoms with Crippen molar-refractivity contribution in [1.29, 1.82) is 0 Å². The van der Waals surface area contributed by atoms with Crippen molar-refractivity contribution in [2.75, 3.05) is 14.2 Å². The number of hydrogen-bond acceptors (Lipinski definition) is 6. The molecule has 0 fully saturated rings. The van der Waals surface area contributed by atoms with E-state index in [1.165, 1.54) is 11.8 Å². The number of nitrogens with zero attached hydrogens (tertiary/aromatic N) is 2. The molecule has 0 radical (unpaired) electrons. The molecule has 1 N–H and O–H groups in total. The predicted molar refractivity (Wildman–Crippen MR) is 127 cm³/mol. The molecule has 3 aromatic rings. The van der Waals surface area contributed by atoms with Gasteiger partial charge in [0.15, 0.2) is 5.69 Å². The Morgan fingerprint density at radius 2 is 1.85 bits per heavy atom. The lowest BCUT2D eigenvalue weighted by atomic mass is 10.1. The minimum atomic E-state index is -0.225. The van der Waals surface area contributed by atoms with Crippen LogP contribution in [-0.2, 0) is 13.1 Å². The highest BCUT2D eigenvalue weighted by atomic mass is 16.5. The fourth-order valence-corrected chi connectivity index (χ4v) is 3.56. The summed E-state index contributed by atoms with van der Waals surface area (Å²) < 4.78 is 16.7. The number of benzene rings is 2. The van der Waals surface area contributed by atoms with Gasteiger partial charge in [0, 0.05) is 24.2 Å². The Balaban J connectivity index is 1.87. The molecule has 1 aromatic heterocycles. The van der Waals surface area contributed by atoms with E-state index in [0.717, 1.165) is 23.5 Å². The van der Waals surface area contributed by atoms with Crippen LogP contribution in [0.15, 0.2) is 59.2 Å². The van der Waals surface area contributed by atoms with Crippen LogP contribution in [0.25, 0.3) is 0 Å². The van der Waals surface area contributed by atoms with Gasteiger partial charge in [-0.05, 0) is 44.0 Å². The molecule has 3 rings (SSSR count). The first-order valence-electron chi connectivity index (χ1n) is 11.2. The van der Waals surface area contributed by atoms with Crippen molar-refractivity contribution in [2.45, 2.75) is 52.4 Å². The molecule has 1 heterocycles. The standard InChI is InChI=1S/C26H33N3O4/c1-6-18(2)27-26(30)23-17-33-25(28-23)16-29(19(3)20-10-8-7-9-11-20)15-21-14-22(31-4)12-13-24(21)32-5/h7-14,17-19H,6,15-16H2,1-5H3,(H,27,30)/t18-,19+/m0/s1. The van der Waals surface area contributed by atoms with E-state index in [0.29, 0.717) is 19.0 Å². The number of amides is 1. The van der Waals surface area contributed by atoms with Gasteiger partial charge in [-0.1, -0.05) is 37.3 Å². The zero-order valence-electron chi connectivity index (χ0n) is 20.0. The summed E-state index contributed by atoms with van der Waals surface area (Å²) in [5.41, 5.74) is 2.44. The fourth-order valence-electron chi connectivity index (χ4n) is 3.56. The van der Waals surface area contributed by atoms with Crippen molar-refractivity contribution in [3.63, 3.8) is 0 Å². The lowest BCUT2D eigenvalue weighted by Gasteiger charge is -2.29. The van der Waals surface area contributed by atoms with Gasteiger partial charge in [-0.2, -0.15) is 0 Å². The Bertz CT molecular complexity index is 1040. The summed E-state index contributed by atoms with van der Waals surface area (Å²) in [7, 11) is 3.31. The van der Waals surface area contributed by atoms with Gasteiger partial charge in [-0.25, -0.2) is 4.98 Å². The minimum absolute atomic E-state index is 0.0615. The number of nitrogens with one attached hydrogen (secondary N) is 1. The SMILES string of the molecule is CC[C@H](C)NC(=O)c1coc(CN(Cc2cc(OC)ccc2OC)[C@H](C)c2ccccc2)n1. The van der Waals surface area contributed by atoms with Crippen molar-refractivity contribution >= 4 is 5.91 Å². The maximum atomic E-state index is 12.4. The van der Waals surface area contributed by atoms with Crippen LogP contribution < -0.4 is 14.8 Å². The summed E-state index contributed by atoms with van der Waals surface area (Å²) >= 11 is 0. The van der Waals surface area contributed by atoms with E-state index in [-0.39, 0.29) is 23.7 Å². The summed E-state index contributed by atoms with van der Waals surface area (Å²) in [5.74, 6) is 1.80. The molecule has 0 aliphatic carbocycles. The van der Waals surface area contributed by atoms with E-state index < -0.39 is 0 Å². The molecule has 33 heavy (non-hydrogen) atoms. The average molecular weight is 452 g/mol. The highest BCUT2D eigenvalue weighted by Crippen LogP contribution is 2.30. The van der Waals surface area contributed by atoms with Gasteiger partial charge in [-0.15, -0.1) is 0 Å². The van der Waals surface area contributed by atoms with Crippen LogP contribution in [-0.4, -0.2) is 36.1 Å². The predicted octanol–water partition coefficient (Wildman–Crippen LogP) is 4.98. The Morgan fingerprint density at radius 1 is 1.09 bits per heavy atom.